The standard InChI is InChI=1S/C34H30N2O5/c37-31(17-18-35-32(38)39)34(36-33(40)41,19-29-25-13-5-1-9-21(25)22-10-2-6-14-26(22)29)20-30-27-15-7-3-11-23(27)24-12-4-8-16-28(24)30/h1-16,29-30,35-36H,17-20H2,(H,38,39)(H,40,41). The third kappa shape index (κ3) is 4.73. The van der Waals surface area contributed by atoms with Gasteiger partial charge in [0, 0.05) is 24.8 Å². The molecule has 7 nitrogen and oxygen atoms in total. The lowest BCUT2D eigenvalue weighted by atomic mass is 9.72. The number of carbonyl (C=O) groups is 3. The maximum absolute atomic E-state index is 14.2. The van der Waals surface area contributed by atoms with Gasteiger partial charge in [-0.2, -0.15) is 0 Å². The second kappa shape index (κ2) is 10.6. The largest absolute Gasteiger partial charge is 0.465 e. The fourth-order valence-corrected chi connectivity index (χ4v) is 6.87. The number of fused-ring (bicyclic) bond motifs is 6. The Labute approximate surface area is 237 Å². The Bertz CT molecular complexity index is 1470. The van der Waals surface area contributed by atoms with E-state index in [-0.39, 0.29) is 43.4 Å². The van der Waals surface area contributed by atoms with E-state index in [0.29, 0.717) is 0 Å². The topological polar surface area (TPSA) is 116 Å². The second-order valence-corrected chi connectivity index (χ2v) is 10.8. The molecule has 7 heteroatoms. The average molecular weight is 547 g/mol. The lowest BCUT2D eigenvalue weighted by molar-refractivity contribution is -0.126. The Hall–Kier alpha value is -4.91. The molecule has 4 aromatic rings. The van der Waals surface area contributed by atoms with Crippen LogP contribution < -0.4 is 10.6 Å². The van der Waals surface area contributed by atoms with E-state index in [4.69, 9.17) is 5.11 Å². The van der Waals surface area contributed by atoms with E-state index in [1.165, 1.54) is 0 Å². The van der Waals surface area contributed by atoms with Crippen LogP contribution in [-0.4, -0.2) is 40.3 Å². The predicted octanol–water partition coefficient (Wildman–Crippen LogP) is 6.62. The number of Topliss-reactive ketones (excluding diaryl/α,β-unsaturated/α-hetero) is 1. The number of carboxylic acid groups (broad SMARTS) is 2. The first-order chi connectivity index (χ1) is 19.9. The molecule has 6 rings (SSSR count). The summed E-state index contributed by atoms with van der Waals surface area (Å²) in [5, 5.41) is 24.3. The van der Waals surface area contributed by atoms with E-state index in [1.54, 1.807) is 0 Å². The Morgan fingerprint density at radius 1 is 0.585 bits per heavy atom. The fraction of sp³-hybridized carbons (Fsp3) is 0.206. The monoisotopic (exact) mass is 546 g/mol. The molecule has 4 N–H and O–H groups in total. The molecule has 0 unspecified atom stereocenters. The first-order valence-corrected chi connectivity index (χ1v) is 13.8. The van der Waals surface area contributed by atoms with Gasteiger partial charge in [-0.15, -0.1) is 0 Å². The van der Waals surface area contributed by atoms with Gasteiger partial charge in [-0.05, 0) is 57.3 Å². The van der Waals surface area contributed by atoms with Crippen molar-refractivity contribution >= 4 is 18.0 Å². The average Bonchev–Trinajstić information content (AvgIpc) is 3.45. The van der Waals surface area contributed by atoms with Gasteiger partial charge >= 0.3 is 12.2 Å². The van der Waals surface area contributed by atoms with Crippen molar-refractivity contribution in [3.63, 3.8) is 0 Å². The number of hydrogen-bond acceptors (Lipinski definition) is 3. The molecule has 0 aliphatic heterocycles. The van der Waals surface area contributed by atoms with E-state index in [0.717, 1.165) is 44.5 Å². The predicted molar refractivity (Wildman–Crippen MR) is 156 cm³/mol. The van der Waals surface area contributed by atoms with Crippen molar-refractivity contribution in [1.82, 2.24) is 10.6 Å². The highest BCUT2D eigenvalue weighted by atomic mass is 16.4. The van der Waals surface area contributed by atoms with Gasteiger partial charge in [-0.1, -0.05) is 97.1 Å². The molecule has 0 bridgehead atoms. The highest BCUT2D eigenvalue weighted by Gasteiger charge is 2.47. The Morgan fingerprint density at radius 2 is 0.951 bits per heavy atom. The zero-order valence-corrected chi connectivity index (χ0v) is 22.3. The second-order valence-electron chi connectivity index (χ2n) is 10.8. The SMILES string of the molecule is O=C(O)NCCC(=O)C(CC1c2ccccc2-c2ccccc21)(CC1c2ccccc2-c2ccccc21)NC(=O)O. The number of ketones is 1. The van der Waals surface area contributed by atoms with E-state index >= 15 is 0 Å². The van der Waals surface area contributed by atoms with Crippen LogP contribution in [0.4, 0.5) is 9.59 Å². The molecule has 0 radical (unpaired) electrons. The van der Waals surface area contributed by atoms with Crippen LogP contribution in [0.2, 0.25) is 0 Å². The molecule has 0 atom stereocenters. The number of nitrogens with one attached hydrogen (secondary N) is 2. The molecule has 4 aromatic carbocycles. The van der Waals surface area contributed by atoms with E-state index < -0.39 is 17.7 Å². The Morgan fingerprint density at radius 3 is 1.29 bits per heavy atom. The summed E-state index contributed by atoms with van der Waals surface area (Å²) in [5.74, 6) is -0.785. The Kier molecular flexibility index (Phi) is 6.79. The van der Waals surface area contributed by atoms with Crippen LogP contribution in [0.3, 0.4) is 0 Å². The summed E-state index contributed by atoms with van der Waals surface area (Å²) < 4.78 is 0. The van der Waals surface area contributed by atoms with Crippen molar-refractivity contribution in [2.75, 3.05) is 6.54 Å². The minimum atomic E-state index is -1.49. The van der Waals surface area contributed by atoms with E-state index in [9.17, 15) is 19.5 Å². The lowest BCUT2D eigenvalue weighted by Gasteiger charge is -2.37. The molecule has 0 heterocycles. The highest BCUT2D eigenvalue weighted by molar-refractivity contribution is 5.93. The van der Waals surface area contributed by atoms with E-state index in [1.807, 2.05) is 72.8 Å². The minimum absolute atomic E-state index is 0.104. The van der Waals surface area contributed by atoms with Gasteiger partial charge < -0.3 is 20.8 Å². The number of benzene rings is 4. The molecular formula is C34H30N2O5. The summed E-state index contributed by atoms with van der Waals surface area (Å²) in [7, 11) is 0. The van der Waals surface area contributed by atoms with Crippen molar-refractivity contribution in [3.8, 4) is 22.3 Å². The molecular weight excluding hydrogens is 516 g/mol. The molecule has 0 saturated heterocycles. The van der Waals surface area contributed by atoms with Crippen LogP contribution in [0, 0.1) is 0 Å². The van der Waals surface area contributed by atoms with Crippen molar-refractivity contribution < 1.29 is 24.6 Å². The summed E-state index contributed by atoms with van der Waals surface area (Å²) in [4.78, 5) is 37.9. The van der Waals surface area contributed by atoms with Gasteiger partial charge in [-0.3, -0.25) is 4.79 Å². The maximum Gasteiger partial charge on any atom is 0.405 e. The molecule has 0 saturated carbocycles. The number of rotatable bonds is 9. The van der Waals surface area contributed by atoms with Gasteiger partial charge in [0.15, 0.2) is 5.78 Å². The molecule has 2 amide bonds. The molecule has 41 heavy (non-hydrogen) atoms. The smallest absolute Gasteiger partial charge is 0.405 e. The van der Waals surface area contributed by atoms with Crippen molar-refractivity contribution in [2.24, 2.45) is 0 Å². The van der Waals surface area contributed by atoms with Crippen LogP contribution in [0.5, 0.6) is 0 Å². The van der Waals surface area contributed by atoms with Crippen LogP contribution in [-0.2, 0) is 4.79 Å². The maximum atomic E-state index is 14.2. The van der Waals surface area contributed by atoms with Gasteiger partial charge in [0.2, 0.25) is 0 Å². The molecule has 2 aliphatic carbocycles. The summed E-state index contributed by atoms with van der Waals surface area (Å²) in [6.07, 6.45) is -2.24. The Balaban J connectivity index is 1.47. The number of carbonyl (C=O) groups excluding carboxylic acids is 1. The van der Waals surface area contributed by atoms with Crippen LogP contribution in [0.15, 0.2) is 97.1 Å². The fourth-order valence-electron chi connectivity index (χ4n) is 6.87. The van der Waals surface area contributed by atoms with Crippen molar-refractivity contribution in [1.29, 1.82) is 0 Å². The molecule has 0 fully saturated rings. The zero-order chi connectivity index (χ0) is 28.6. The van der Waals surface area contributed by atoms with Gasteiger partial charge in [0.05, 0.1) is 0 Å². The lowest BCUT2D eigenvalue weighted by Crippen LogP contribution is -2.56. The van der Waals surface area contributed by atoms with Crippen LogP contribution in [0.25, 0.3) is 22.3 Å². The van der Waals surface area contributed by atoms with Gasteiger partial charge in [-0.25, -0.2) is 9.59 Å². The highest BCUT2D eigenvalue weighted by Crippen LogP contribution is 2.52. The van der Waals surface area contributed by atoms with Crippen LogP contribution >= 0.6 is 0 Å². The van der Waals surface area contributed by atoms with Gasteiger partial charge in [0.1, 0.15) is 5.54 Å². The molecule has 206 valence electrons. The third-order valence-electron chi connectivity index (χ3n) is 8.54. The zero-order valence-electron chi connectivity index (χ0n) is 22.3. The van der Waals surface area contributed by atoms with Crippen molar-refractivity contribution in [3.05, 3.63) is 119 Å². The number of hydrogen-bond donors (Lipinski definition) is 4. The normalized spacial score (nSPS) is 13.6. The summed E-state index contributed by atoms with van der Waals surface area (Å²) in [6.45, 7) is -0.104. The van der Waals surface area contributed by atoms with E-state index in [2.05, 4.69) is 34.9 Å². The molecule has 0 aromatic heterocycles. The van der Waals surface area contributed by atoms with Crippen molar-refractivity contribution in [2.45, 2.75) is 36.6 Å². The summed E-state index contributed by atoms with van der Waals surface area (Å²) in [6, 6.07) is 32.2. The summed E-state index contributed by atoms with van der Waals surface area (Å²) >= 11 is 0. The molecule has 0 spiro atoms. The first-order valence-electron chi connectivity index (χ1n) is 13.8. The summed E-state index contributed by atoms with van der Waals surface area (Å²) in [5.41, 5.74) is 7.02. The van der Waals surface area contributed by atoms with Gasteiger partial charge in [0.25, 0.3) is 0 Å². The first kappa shape index (κ1) is 26.3. The minimum Gasteiger partial charge on any atom is -0.465 e. The molecule has 2 aliphatic rings. The van der Waals surface area contributed by atoms with Crippen LogP contribution in [0.1, 0.15) is 53.4 Å². The third-order valence-corrected chi connectivity index (χ3v) is 8.54. The number of amides is 2. The quantitative estimate of drug-likeness (QED) is 0.188.